The molecule has 26 heavy (non-hydrogen) atoms. The number of carbonyl (C=O) groups is 3. The number of hydrogen-bond acceptors (Lipinski definition) is 4. The average molecular weight is 392 g/mol. The van der Waals surface area contributed by atoms with Crippen LogP contribution in [0.4, 0.5) is 4.79 Å². The lowest BCUT2D eigenvalue weighted by Crippen LogP contribution is -2.43. The Labute approximate surface area is 160 Å². The Bertz CT molecular complexity index is 823. The number of hydrogen-bond donors (Lipinski definition) is 2. The molecule has 136 valence electrons. The highest BCUT2D eigenvalue weighted by Gasteiger charge is 2.50. The van der Waals surface area contributed by atoms with Crippen LogP contribution in [0.25, 0.3) is 0 Å². The summed E-state index contributed by atoms with van der Waals surface area (Å²) in [7, 11) is 0. The molecule has 2 aromatic rings. The van der Waals surface area contributed by atoms with Crippen LogP contribution < -0.4 is 10.6 Å². The first kappa shape index (κ1) is 18.4. The fraction of sp³-hybridized carbons (Fsp3) is 0.278. The Kier molecular flexibility index (Phi) is 5.29. The van der Waals surface area contributed by atoms with Gasteiger partial charge >= 0.3 is 6.03 Å². The summed E-state index contributed by atoms with van der Waals surface area (Å²) in [6.07, 6.45) is 0.635. The second-order valence-electron chi connectivity index (χ2n) is 6.15. The first-order chi connectivity index (χ1) is 12.4. The summed E-state index contributed by atoms with van der Waals surface area (Å²) in [6, 6.07) is 10.4. The maximum absolute atomic E-state index is 12.7. The van der Waals surface area contributed by atoms with E-state index in [0.29, 0.717) is 18.0 Å². The topological polar surface area (TPSA) is 78.5 Å². The first-order valence-electron chi connectivity index (χ1n) is 8.09. The maximum atomic E-state index is 12.7. The van der Waals surface area contributed by atoms with Gasteiger partial charge < -0.3 is 10.6 Å². The van der Waals surface area contributed by atoms with E-state index in [1.165, 1.54) is 11.3 Å². The molecule has 1 aliphatic rings. The van der Waals surface area contributed by atoms with Crippen molar-refractivity contribution in [2.24, 2.45) is 0 Å². The summed E-state index contributed by atoms with van der Waals surface area (Å²) in [4.78, 5) is 38.6. The molecule has 1 fully saturated rings. The number of carbonyl (C=O) groups excluding carboxylic acids is 3. The Morgan fingerprint density at radius 3 is 2.65 bits per heavy atom. The van der Waals surface area contributed by atoms with Crippen LogP contribution in [-0.4, -0.2) is 35.8 Å². The normalized spacial score (nSPS) is 19.5. The number of nitrogens with zero attached hydrogens (tertiary/aromatic N) is 1. The van der Waals surface area contributed by atoms with Crippen molar-refractivity contribution in [3.8, 4) is 0 Å². The van der Waals surface area contributed by atoms with E-state index in [2.05, 4.69) is 10.6 Å². The fourth-order valence-electron chi connectivity index (χ4n) is 2.77. The zero-order valence-electron chi connectivity index (χ0n) is 14.1. The number of halogens is 1. The Balaban J connectivity index is 1.55. The second kappa shape index (κ2) is 7.47. The largest absolute Gasteiger partial charge is 0.354 e. The number of amides is 4. The van der Waals surface area contributed by atoms with Crippen LogP contribution in [0, 0.1) is 0 Å². The van der Waals surface area contributed by atoms with E-state index in [1.54, 1.807) is 25.1 Å². The van der Waals surface area contributed by atoms with Gasteiger partial charge in [-0.05, 0) is 42.5 Å². The third kappa shape index (κ3) is 3.73. The van der Waals surface area contributed by atoms with E-state index in [-0.39, 0.29) is 12.5 Å². The van der Waals surface area contributed by atoms with E-state index in [4.69, 9.17) is 11.6 Å². The average Bonchev–Trinajstić information content (AvgIpc) is 3.21. The van der Waals surface area contributed by atoms with E-state index in [1.807, 2.05) is 23.6 Å². The van der Waals surface area contributed by atoms with Crippen LogP contribution in [0.2, 0.25) is 5.02 Å². The van der Waals surface area contributed by atoms with Crippen LogP contribution in [-0.2, 0) is 21.5 Å². The van der Waals surface area contributed by atoms with Gasteiger partial charge in [-0.2, -0.15) is 0 Å². The summed E-state index contributed by atoms with van der Waals surface area (Å²) in [5.41, 5.74) is -0.0792. The number of imide groups is 1. The van der Waals surface area contributed by atoms with E-state index in [0.717, 1.165) is 15.3 Å². The van der Waals surface area contributed by atoms with Crippen molar-refractivity contribution in [1.82, 2.24) is 15.5 Å². The van der Waals surface area contributed by atoms with Gasteiger partial charge in [-0.1, -0.05) is 29.8 Å². The number of rotatable bonds is 6. The molecule has 2 N–H and O–H groups in total. The molecular formula is C18H18ClN3O3S. The molecule has 1 saturated heterocycles. The minimum Gasteiger partial charge on any atom is -0.354 e. The molecule has 1 unspecified atom stereocenters. The zero-order chi connectivity index (χ0) is 18.7. The molecule has 1 aliphatic heterocycles. The number of thiophene rings is 1. The molecule has 8 heteroatoms. The molecule has 1 aromatic carbocycles. The van der Waals surface area contributed by atoms with Crippen LogP contribution in [0.3, 0.4) is 0 Å². The minimum atomic E-state index is -1.12. The molecule has 1 atom stereocenters. The van der Waals surface area contributed by atoms with Gasteiger partial charge in [0.25, 0.3) is 5.91 Å². The van der Waals surface area contributed by atoms with Crippen LogP contribution in [0.1, 0.15) is 17.4 Å². The molecule has 1 aromatic heterocycles. The van der Waals surface area contributed by atoms with Gasteiger partial charge in [-0.25, -0.2) is 4.79 Å². The third-order valence-corrected chi connectivity index (χ3v) is 5.58. The molecule has 0 spiro atoms. The minimum absolute atomic E-state index is 0.299. The van der Waals surface area contributed by atoms with E-state index >= 15 is 0 Å². The summed E-state index contributed by atoms with van der Waals surface area (Å²) >= 11 is 7.22. The Morgan fingerprint density at radius 2 is 2.00 bits per heavy atom. The number of nitrogens with one attached hydrogen (secondary N) is 2. The highest BCUT2D eigenvalue weighted by Crippen LogP contribution is 2.31. The van der Waals surface area contributed by atoms with Gasteiger partial charge in [0, 0.05) is 16.4 Å². The molecule has 0 aliphatic carbocycles. The third-order valence-electron chi connectivity index (χ3n) is 4.24. The highest BCUT2D eigenvalue weighted by molar-refractivity contribution is 7.10. The van der Waals surface area contributed by atoms with E-state index < -0.39 is 17.5 Å². The van der Waals surface area contributed by atoms with Crippen LogP contribution in [0.15, 0.2) is 41.8 Å². The second-order valence-corrected chi connectivity index (χ2v) is 7.53. The quantitative estimate of drug-likeness (QED) is 0.743. The van der Waals surface area contributed by atoms with Crippen LogP contribution >= 0.6 is 22.9 Å². The number of urea groups is 1. The lowest BCUT2D eigenvalue weighted by Gasteiger charge is -2.19. The van der Waals surface area contributed by atoms with Gasteiger partial charge in [0.05, 0.1) is 0 Å². The van der Waals surface area contributed by atoms with Crippen molar-refractivity contribution in [1.29, 1.82) is 0 Å². The maximum Gasteiger partial charge on any atom is 0.325 e. The molecule has 4 amide bonds. The molecule has 2 heterocycles. The van der Waals surface area contributed by atoms with Crippen molar-refractivity contribution in [2.45, 2.75) is 18.9 Å². The van der Waals surface area contributed by atoms with Crippen molar-refractivity contribution in [3.63, 3.8) is 0 Å². The molecule has 0 saturated carbocycles. The lowest BCUT2D eigenvalue weighted by atomic mass is 10.0. The summed E-state index contributed by atoms with van der Waals surface area (Å²) in [6.45, 7) is 1.76. The monoisotopic (exact) mass is 391 g/mol. The van der Waals surface area contributed by atoms with Gasteiger partial charge in [0.1, 0.15) is 6.54 Å². The van der Waals surface area contributed by atoms with Gasteiger partial charge in [-0.15, -0.1) is 11.3 Å². The molecule has 3 rings (SSSR count). The first-order valence-corrected chi connectivity index (χ1v) is 9.35. The number of benzene rings is 1. The standard InChI is InChI=1S/C18H18ClN3O3S/c1-18(14-3-2-10-26-14)16(24)22(17(25)21-18)11-15(23)20-9-8-12-4-6-13(19)7-5-12/h2-7,10H,8-9,11H2,1H3,(H,20,23)(H,21,25). The lowest BCUT2D eigenvalue weighted by molar-refractivity contribution is -0.134. The Hall–Kier alpha value is -2.38. The van der Waals surface area contributed by atoms with E-state index in [9.17, 15) is 14.4 Å². The summed E-state index contributed by atoms with van der Waals surface area (Å²) in [5, 5.41) is 7.91. The summed E-state index contributed by atoms with van der Waals surface area (Å²) in [5.74, 6) is -0.796. The molecule has 6 nitrogen and oxygen atoms in total. The van der Waals surface area contributed by atoms with Gasteiger partial charge in [0.2, 0.25) is 5.91 Å². The van der Waals surface area contributed by atoms with Crippen molar-refractivity contribution < 1.29 is 14.4 Å². The molecule has 0 bridgehead atoms. The van der Waals surface area contributed by atoms with Crippen molar-refractivity contribution >= 4 is 40.8 Å². The Morgan fingerprint density at radius 1 is 1.27 bits per heavy atom. The van der Waals surface area contributed by atoms with Gasteiger partial charge in [0.15, 0.2) is 5.54 Å². The van der Waals surface area contributed by atoms with Crippen molar-refractivity contribution in [3.05, 3.63) is 57.2 Å². The zero-order valence-corrected chi connectivity index (χ0v) is 15.7. The van der Waals surface area contributed by atoms with Crippen LogP contribution in [0.5, 0.6) is 0 Å². The SMILES string of the molecule is CC1(c2cccs2)NC(=O)N(CC(=O)NCCc2ccc(Cl)cc2)C1=O. The fourth-order valence-corrected chi connectivity index (χ4v) is 3.73. The smallest absolute Gasteiger partial charge is 0.325 e. The van der Waals surface area contributed by atoms with Crippen molar-refractivity contribution in [2.75, 3.05) is 13.1 Å². The summed E-state index contributed by atoms with van der Waals surface area (Å²) < 4.78 is 0. The predicted octanol–water partition coefficient (Wildman–Crippen LogP) is 2.53. The van der Waals surface area contributed by atoms with Gasteiger partial charge in [-0.3, -0.25) is 14.5 Å². The predicted molar refractivity (Wildman–Crippen MR) is 100 cm³/mol. The molecule has 0 radical (unpaired) electrons. The molecular weight excluding hydrogens is 374 g/mol. The highest BCUT2D eigenvalue weighted by atomic mass is 35.5.